The largest absolute Gasteiger partial charge is 0.463 e. The van der Waals surface area contributed by atoms with Crippen molar-refractivity contribution in [3.8, 4) is 0 Å². The van der Waals surface area contributed by atoms with Gasteiger partial charge in [0.25, 0.3) is 0 Å². The predicted molar refractivity (Wildman–Crippen MR) is 146 cm³/mol. The van der Waals surface area contributed by atoms with E-state index in [2.05, 4.69) is 22.0 Å². The van der Waals surface area contributed by atoms with Gasteiger partial charge in [-0.15, -0.1) is 0 Å². The summed E-state index contributed by atoms with van der Waals surface area (Å²) in [6, 6.07) is 16.0. The molecule has 5 rings (SSSR count). The van der Waals surface area contributed by atoms with Crippen LogP contribution in [0.1, 0.15) is 37.4 Å². The van der Waals surface area contributed by atoms with Crippen molar-refractivity contribution in [2.24, 2.45) is 4.99 Å². The Morgan fingerprint density at radius 3 is 2.47 bits per heavy atom. The van der Waals surface area contributed by atoms with Crippen LogP contribution in [-0.4, -0.2) is 64.5 Å². The van der Waals surface area contributed by atoms with Crippen molar-refractivity contribution in [3.05, 3.63) is 93.9 Å². The Morgan fingerprint density at radius 2 is 1.76 bits per heavy atom. The number of nitrogens with zero attached hydrogens (tertiary/aromatic N) is 4. The molecule has 0 spiro atoms. The minimum Gasteiger partial charge on any atom is -0.463 e. The number of ether oxygens (including phenoxy) is 1. The summed E-state index contributed by atoms with van der Waals surface area (Å²) in [5.41, 5.74) is 3.09. The zero-order chi connectivity index (χ0) is 26.6. The van der Waals surface area contributed by atoms with Crippen molar-refractivity contribution in [3.63, 3.8) is 0 Å². The van der Waals surface area contributed by atoms with Crippen LogP contribution in [0, 0.1) is 5.82 Å². The van der Waals surface area contributed by atoms with Gasteiger partial charge in [-0.25, -0.2) is 14.2 Å². The third kappa shape index (κ3) is 5.39. The Balaban J connectivity index is 1.32. The molecule has 3 heterocycles. The first-order valence-electron chi connectivity index (χ1n) is 12.9. The third-order valence-corrected chi connectivity index (χ3v) is 7.89. The first-order valence-corrected chi connectivity index (χ1v) is 13.7. The Labute approximate surface area is 226 Å². The van der Waals surface area contributed by atoms with Gasteiger partial charge in [-0.3, -0.25) is 9.69 Å². The molecule has 1 amide bonds. The molecule has 0 aromatic heterocycles. The number of carbonyl (C=O) groups is 2. The lowest BCUT2D eigenvalue weighted by Crippen LogP contribution is -2.48. The molecule has 0 aliphatic carbocycles. The number of aliphatic imine (C=N–C) groups is 1. The van der Waals surface area contributed by atoms with Crippen LogP contribution < -0.4 is 0 Å². The zero-order valence-corrected chi connectivity index (χ0v) is 22.4. The number of piperazine rings is 1. The maximum atomic E-state index is 15.1. The average molecular weight is 535 g/mol. The third-order valence-electron chi connectivity index (χ3n) is 7.00. The number of amidine groups is 1. The number of thioether (sulfide) groups is 1. The van der Waals surface area contributed by atoms with E-state index in [1.54, 1.807) is 32.0 Å². The molecule has 3 aliphatic heterocycles. The van der Waals surface area contributed by atoms with Gasteiger partial charge in [0.05, 0.1) is 30.3 Å². The molecule has 0 N–H and O–H groups in total. The van der Waals surface area contributed by atoms with Gasteiger partial charge in [-0.2, -0.15) is 0 Å². The molecule has 38 heavy (non-hydrogen) atoms. The van der Waals surface area contributed by atoms with E-state index < -0.39 is 17.8 Å². The summed E-state index contributed by atoms with van der Waals surface area (Å²) in [5.74, 6) is -0.947. The lowest BCUT2D eigenvalue weighted by atomic mass is 9.93. The summed E-state index contributed by atoms with van der Waals surface area (Å²) in [4.78, 5) is 37.1. The molecule has 1 atom stereocenters. The number of allylic oxidation sites excluding steroid dienone is 1. The molecule has 1 saturated heterocycles. The van der Waals surface area contributed by atoms with Crippen molar-refractivity contribution in [1.29, 1.82) is 0 Å². The van der Waals surface area contributed by atoms with Gasteiger partial charge < -0.3 is 14.5 Å². The second-order valence-corrected chi connectivity index (χ2v) is 10.3. The van der Waals surface area contributed by atoms with E-state index in [-0.39, 0.29) is 24.5 Å². The molecule has 0 unspecified atom stereocenters. The SMILES string of the molecule is CCOC(=O)C1=C(C)N=C2SC=C(CC(=O)N3CCN(Cc4ccccc4)CC3)N2[C@@H]1c1ccccc1F. The number of halogens is 1. The number of hydrogen-bond acceptors (Lipinski definition) is 7. The van der Waals surface area contributed by atoms with E-state index in [0.29, 0.717) is 35.2 Å². The van der Waals surface area contributed by atoms with Gasteiger partial charge in [-0.05, 0) is 30.9 Å². The van der Waals surface area contributed by atoms with E-state index in [9.17, 15) is 9.59 Å². The van der Waals surface area contributed by atoms with Crippen LogP contribution in [0.2, 0.25) is 0 Å². The summed E-state index contributed by atoms with van der Waals surface area (Å²) >= 11 is 1.39. The van der Waals surface area contributed by atoms with Gasteiger partial charge in [-0.1, -0.05) is 60.3 Å². The standard InChI is InChI=1S/C29H31FN4O3S/c1-3-37-28(36)26-20(2)31-29-34(27(26)23-11-7-8-12-24(23)30)22(19-38-29)17-25(35)33-15-13-32(14-16-33)18-21-9-5-4-6-10-21/h4-12,19,27H,3,13-18H2,1-2H3/t27-/m1/s1. The normalized spacial score (nSPS) is 19.7. The fraction of sp³-hybridized carbons (Fsp3) is 0.345. The molecular formula is C29H31FN4O3S. The van der Waals surface area contributed by atoms with Gasteiger partial charge in [0, 0.05) is 44.0 Å². The Bertz CT molecular complexity index is 1300. The van der Waals surface area contributed by atoms with Crippen LogP contribution in [0.3, 0.4) is 0 Å². The second-order valence-electron chi connectivity index (χ2n) is 9.45. The highest BCUT2D eigenvalue weighted by Gasteiger charge is 2.42. The van der Waals surface area contributed by atoms with Gasteiger partial charge in [0.1, 0.15) is 5.82 Å². The van der Waals surface area contributed by atoms with Crippen LogP contribution in [0.5, 0.6) is 0 Å². The highest BCUT2D eigenvalue weighted by molar-refractivity contribution is 8.16. The fourth-order valence-electron chi connectivity index (χ4n) is 5.09. The molecule has 3 aliphatic rings. The second kappa shape index (κ2) is 11.5. The van der Waals surface area contributed by atoms with Crippen molar-refractivity contribution in [2.45, 2.75) is 32.9 Å². The van der Waals surface area contributed by atoms with E-state index in [0.717, 1.165) is 19.6 Å². The van der Waals surface area contributed by atoms with Crippen LogP contribution in [0.25, 0.3) is 0 Å². The molecule has 2 aromatic carbocycles. The Hall–Kier alpha value is -3.43. The summed E-state index contributed by atoms with van der Waals surface area (Å²) in [6.45, 7) is 7.44. The quantitative estimate of drug-likeness (QED) is 0.480. The molecular weight excluding hydrogens is 503 g/mol. The Morgan fingerprint density at radius 1 is 1.05 bits per heavy atom. The van der Waals surface area contributed by atoms with Crippen LogP contribution >= 0.6 is 11.8 Å². The number of amides is 1. The highest BCUT2D eigenvalue weighted by atomic mass is 32.2. The molecule has 0 bridgehead atoms. The fourth-order valence-corrected chi connectivity index (χ4v) is 6.06. The number of carbonyl (C=O) groups excluding carboxylic acids is 2. The minimum atomic E-state index is -0.764. The first kappa shape index (κ1) is 26.2. The smallest absolute Gasteiger partial charge is 0.338 e. The maximum absolute atomic E-state index is 15.1. The number of rotatable bonds is 7. The summed E-state index contributed by atoms with van der Waals surface area (Å²) in [7, 11) is 0. The lowest BCUT2D eigenvalue weighted by Gasteiger charge is -2.38. The van der Waals surface area contributed by atoms with E-state index in [1.165, 1.54) is 23.4 Å². The van der Waals surface area contributed by atoms with Crippen molar-refractivity contribution in [1.82, 2.24) is 14.7 Å². The maximum Gasteiger partial charge on any atom is 0.338 e. The number of esters is 1. The van der Waals surface area contributed by atoms with E-state index in [1.807, 2.05) is 33.4 Å². The van der Waals surface area contributed by atoms with Crippen LogP contribution in [-0.2, 0) is 20.9 Å². The van der Waals surface area contributed by atoms with Gasteiger partial charge in [0.2, 0.25) is 5.91 Å². The predicted octanol–water partition coefficient (Wildman–Crippen LogP) is 4.70. The summed E-state index contributed by atoms with van der Waals surface area (Å²) in [5, 5.41) is 2.51. The molecule has 1 fully saturated rings. The van der Waals surface area contributed by atoms with Crippen molar-refractivity contribution in [2.75, 3.05) is 32.8 Å². The average Bonchev–Trinajstić information content (AvgIpc) is 3.31. The molecule has 2 aromatic rings. The molecule has 0 radical (unpaired) electrons. The monoisotopic (exact) mass is 534 g/mol. The molecule has 7 nitrogen and oxygen atoms in total. The first-order chi connectivity index (χ1) is 18.5. The Kier molecular flexibility index (Phi) is 7.95. The van der Waals surface area contributed by atoms with E-state index in [4.69, 9.17) is 4.74 Å². The number of hydrogen-bond donors (Lipinski definition) is 0. The highest BCUT2D eigenvalue weighted by Crippen LogP contribution is 2.45. The minimum absolute atomic E-state index is 0.00806. The molecule has 0 saturated carbocycles. The summed E-state index contributed by atoms with van der Waals surface area (Å²) in [6.07, 6.45) is 0.144. The summed E-state index contributed by atoms with van der Waals surface area (Å²) < 4.78 is 20.4. The van der Waals surface area contributed by atoms with Crippen LogP contribution in [0.4, 0.5) is 4.39 Å². The van der Waals surface area contributed by atoms with Crippen molar-refractivity contribution < 1.29 is 18.7 Å². The lowest BCUT2D eigenvalue weighted by molar-refractivity contribution is -0.139. The molecule has 198 valence electrons. The number of benzene rings is 2. The van der Waals surface area contributed by atoms with Crippen molar-refractivity contribution >= 4 is 28.8 Å². The molecule has 9 heteroatoms. The van der Waals surface area contributed by atoms with Gasteiger partial charge >= 0.3 is 5.97 Å². The topological polar surface area (TPSA) is 65.5 Å². The van der Waals surface area contributed by atoms with Crippen LogP contribution in [0.15, 0.2) is 82.0 Å². The number of fused-ring (bicyclic) bond motifs is 1. The van der Waals surface area contributed by atoms with E-state index >= 15 is 4.39 Å². The van der Waals surface area contributed by atoms with Gasteiger partial charge in [0.15, 0.2) is 5.17 Å². The zero-order valence-electron chi connectivity index (χ0n) is 21.6.